The molecule has 0 amide bonds. The second-order valence-corrected chi connectivity index (χ2v) is 5.96. The first kappa shape index (κ1) is 18.1. The van der Waals surface area contributed by atoms with E-state index in [4.69, 9.17) is 24.5 Å². The lowest BCUT2D eigenvalue weighted by atomic mass is 10.1. The quantitative estimate of drug-likeness (QED) is 0.553. The summed E-state index contributed by atoms with van der Waals surface area (Å²) in [7, 11) is 1.63. The van der Waals surface area contributed by atoms with E-state index in [-0.39, 0.29) is 0 Å². The Kier molecular flexibility index (Phi) is 7.00. The van der Waals surface area contributed by atoms with Gasteiger partial charge in [-0.05, 0) is 42.1 Å². The molecule has 0 spiro atoms. The molecule has 1 aliphatic heterocycles. The monoisotopic (exact) mass is 329 g/mol. The molecule has 0 fully saturated rings. The number of carboxylic acid groups (broad SMARTS) is 2. The van der Waals surface area contributed by atoms with Crippen LogP contribution >= 0.6 is 0 Å². The number of hydrogen-bond acceptors (Lipinski definition) is 5. The van der Waals surface area contributed by atoms with Crippen molar-refractivity contribution in [3.8, 4) is 5.75 Å². The fourth-order valence-electron chi connectivity index (χ4n) is 2.02. The average Bonchev–Trinajstić information content (AvgIpc) is 2.70. The number of carbonyl (C=O) groups is 2. The van der Waals surface area contributed by atoms with Crippen LogP contribution in [0.5, 0.6) is 5.75 Å². The van der Waals surface area contributed by atoms with E-state index in [2.05, 4.69) is 5.32 Å². The normalized spacial score (nSPS) is 14.3. The molecule has 0 saturated carbocycles. The maximum absolute atomic E-state index is 11.6. The van der Waals surface area contributed by atoms with Crippen LogP contribution in [0.15, 0.2) is 17.0 Å². The summed E-state index contributed by atoms with van der Waals surface area (Å²) in [6, 6.07) is 3.99. The Morgan fingerprint density at radius 3 is 2.41 bits per heavy atom. The summed E-state index contributed by atoms with van der Waals surface area (Å²) in [5.74, 6) is -2.91. The van der Waals surface area contributed by atoms with E-state index < -0.39 is 23.1 Å². The Hall–Kier alpha value is -1.93. The number of carboxylic acids is 2. The largest absolute Gasteiger partial charge is 0.612 e. The van der Waals surface area contributed by atoms with Crippen LogP contribution in [0.2, 0.25) is 0 Å². The molecule has 1 atom stereocenters. The van der Waals surface area contributed by atoms with Gasteiger partial charge in [0.1, 0.15) is 6.26 Å². The van der Waals surface area contributed by atoms with E-state index in [1.165, 1.54) is 18.4 Å². The van der Waals surface area contributed by atoms with Crippen LogP contribution < -0.4 is 10.1 Å². The molecule has 1 aromatic carbocycles. The van der Waals surface area contributed by atoms with Crippen LogP contribution in [-0.2, 0) is 27.2 Å². The number of fused-ring (bicyclic) bond motifs is 1. The minimum atomic E-state index is -1.82. The Morgan fingerprint density at radius 2 is 1.91 bits per heavy atom. The number of hydrogen-bond donors (Lipinski definition) is 3. The van der Waals surface area contributed by atoms with Crippen LogP contribution in [0.4, 0.5) is 5.69 Å². The minimum Gasteiger partial charge on any atom is -0.612 e. The topological polar surface area (TPSA) is 119 Å². The van der Waals surface area contributed by atoms with Gasteiger partial charge in [0, 0.05) is 18.3 Å². The zero-order valence-corrected chi connectivity index (χ0v) is 13.2. The van der Waals surface area contributed by atoms with Crippen molar-refractivity contribution in [1.82, 2.24) is 0 Å². The third-order valence-electron chi connectivity index (χ3n) is 3.07. The Labute approximate surface area is 131 Å². The van der Waals surface area contributed by atoms with Crippen LogP contribution in [-0.4, -0.2) is 46.6 Å². The SMILES string of the molecule is COc1cc2c(cc1[S+](C)[O-])NCCCC2.O=C(O)C(=O)O. The van der Waals surface area contributed by atoms with Gasteiger partial charge in [-0.2, -0.15) is 0 Å². The highest BCUT2D eigenvalue weighted by Crippen LogP contribution is 2.32. The smallest absolute Gasteiger partial charge is 0.414 e. The Morgan fingerprint density at radius 1 is 1.27 bits per heavy atom. The molecule has 1 aliphatic rings. The molecular formula is C14H19NO6S. The Balaban J connectivity index is 0.000000346. The second-order valence-electron chi connectivity index (χ2n) is 4.61. The molecule has 3 N–H and O–H groups in total. The lowest BCUT2D eigenvalue weighted by Crippen LogP contribution is -2.09. The van der Waals surface area contributed by atoms with Gasteiger partial charge in [-0.15, -0.1) is 0 Å². The van der Waals surface area contributed by atoms with Crippen molar-refractivity contribution in [3.63, 3.8) is 0 Å². The van der Waals surface area contributed by atoms with Gasteiger partial charge in [-0.25, -0.2) is 9.59 Å². The first-order valence-electron chi connectivity index (χ1n) is 6.61. The van der Waals surface area contributed by atoms with E-state index in [1.54, 1.807) is 13.4 Å². The highest BCUT2D eigenvalue weighted by atomic mass is 32.2. The summed E-state index contributed by atoms with van der Waals surface area (Å²) in [4.78, 5) is 19.0. The van der Waals surface area contributed by atoms with Gasteiger partial charge in [-0.1, -0.05) is 0 Å². The second kappa shape index (κ2) is 8.50. The highest BCUT2D eigenvalue weighted by Gasteiger charge is 2.18. The van der Waals surface area contributed by atoms with Gasteiger partial charge in [-0.3, -0.25) is 0 Å². The summed E-state index contributed by atoms with van der Waals surface area (Å²) < 4.78 is 16.9. The standard InChI is InChI=1S/C12H17NO2S.C2H2O4/c1-15-11-7-9-5-3-4-6-13-10(9)8-12(11)16(2)14;3-1(4)2(5)6/h7-8,13H,3-6H2,1-2H3;(H,3,4)(H,5,6). The van der Waals surface area contributed by atoms with Crippen LogP contribution in [0, 0.1) is 0 Å². The number of aryl methyl sites for hydroxylation is 1. The van der Waals surface area contributed by atoms with Crippen molar-refractivity contribution < 1.29 is 29.1 Å². The predicted octanol–water partition coefficient (Wildman–Crippen LogP) is 1.34. The molecule has 122 valence electrons. The molecule has 1 aromatic rings. The van der Waals surface area contributed by atoms with Gasteiger partial charge in [0.15, 0.2) is 10.6 Å². The number of ether oxygens (including phenoxy) is 1. The van der Waals surface area contributed by atoms with Crippen LogP contribution in [0.25, 0.3) is 0 Å². The first-order chi connectivity index (χ1) is 10.4. The molecule has 1 heterocycles. The van der Waals surface area contributed by atoms with E-state index in [0.29, 0.717) is 0 Å². The summed E-state index contributed by atoms with van der Waals surface area (Å²) >= 11 is -1.01. The van der Waals surface area contributed by atoms with Crippen LogP contribution in [0.3, 0.4) is 0 Å². The number of methoxy groups -OCH3 is 1. The van der Waals surface area contributed by atoms with E-state index in [1.807, 2.05) is 12.1 Å². The summed E-state index contributed by atoms with van der Waals surface area (Å²) in [5.41, 5.74) is 2.38. The number of rotatable bonds is 2. The summed E-state index contributed by atoms with van der Waals surface area (Å²) in [5, 5.41) is 18.2. The highest BCUT2D eigenvalue weighted by molar-refractivity contribution is 7.90. The predicted molar refractivity (Wildman–Crippen MR) is 82.0 cm³/mol. The van der Waals surface area contributed by atoms with Gasteiger partial charge in [0.25, 0.3) is 0 Å². The minimum absolute atomic E-state index is 0.739. The van der Waals surface area contributed by atoms with Gasteiger partial charge < -0.3 is 24.8 Å². The molecule has 7 nitrogen and oxygen atoms in total. The molecule has 8 heteroatoms. The summed E-state index contributed by atoms with van der Waals surface area (Å²) in [6.45, 7) is 0.995. The Bertz CT molecular complexity index is 534. The molecule has 0 bridgehead atoms. The molecule has 0 aliphatic carbocycles. The van der Waals surface area contributed by atoms with E-state index in [0.717, 1.165) is 29.3 Å². The van der Waals surface area contributed by atoms with Gasteiger partial charge in [0.05, 0.1) is 7.11 Å². The number of nitrogens with one attached hydrogen (secondary N) is 1. The van der Waals surface area contributed by atoms with Crippen molar-refractivity contribution in [2.45, 2.75) is 24.2 Å². The van der Waals surface area contributed by atoms with Crippen molar-refractivity contribution in [2.24, 2.45) is 0 Å². The zero-order chi connectivity index (χ0) is 16.7. The molecule has 1 unspecified atom stereocenters. The number of aliphatic carboxylic acids is 2. The number of anilines is 1. The van der Waals surface area contributed by atoms with Gasteiger partial charge in [0.2, 0.25) is 0 Å². The van der Waals surface area contributed by atoms with E-state index in [9.17, 15) is 4.55 Å². The molecule has 0 radical (unpaired) electrons. The van der Waals surface area contributed by atoms with Crippen molar-refractivity contribution >= 4 is 28.8 Å². The average molecular weight is 329 g/mol. The third-order valence-corrected chi connectivity index (χ3v) is 4.01. The third kappa shape index (κ3) is 5.12. The zero-order valence-electron chi connectivity index (χ0n) is 12.4. The number of benzene rings is 1. The van der Waals surface area contributed by atoms with Crippen molar-refractivity contribution in [2.75, 3.05) is 25.2 Å². The first-order valence-corrected chi connectivity index (χ1v) is 8.17. The maximum Gasteiger partial charge on any atom is 0.414 e. The van der Waals surface area contributed by atoms with Crippen LogP contribution in [0.1, 0.15) is 18.4 Å². The lowest BCUT2D eigenvalue weighted by molar-refractivity contribution is -0.159. The van der Waals surface area contributed by atoms with Gasteiger partial charge >= 0.3 is 11.9 Å². The molecule has 22 heavy (non-hydrogen) atoms. The van der Waals surface area contributed by atoms with E-state index >= 15 is 0 Å². The fourth-order valence-corrected chi connectivity index (χ4v) is 2.73. The van der Waals surface area contributed by atoms with Crippen molar-refractivity contribution in [3.05, 3.63) is 17.7 Å². The maximum atomic E-state index is 11.6. The summed E-state index contributed by atoms with van der Waals surface area (Å²) in [6.07, 6.45) is 5.12. The fraction of sp³-hybridized carbons (Fsp3) is 0.429. The molecule has 0 saturated heterocycles. The van der Waals surface area contributed by atoms with Crippen molar-refractivity contribution in [1.29, 1.82) is 0 Å². The molecular weight excluding hydrogens is 310 g/mol. The molecule has 0 aromatic heterocycles. The molecule has 2 rings (SSSR count). The lowest BCUT2D eigenvalue weighted by Gasteiger charge is -2.14.